The van der Waals surface area contributed by atoms with Crippen LogP contribution >= 0.6 is 12.6 Å². The quantitative estimate of drug-likeness (QED) is 0.369. The van der Waals surface area contributed by atoms with Crippen molar-refractivity contribution >= 4 is 29.7 Å². The van der Waals surface area contributed by atoms with Gasteiger partial charge in [-0.3, -0.25) is 9.59 Å². The molecule has 0 saturated carbocycles. The molecule has 0 aromatic heterocycles. The van der Waals surface area contributed by atoms with Gasteiger partial charge in [-0.25, -0.2) is 4.79 Å². The number of nitrogens with one attached hydrogen (secondary N) is 2. The predicted octanol–water partition coefficient (Wildman–Crippen LogP) is 4.73. The Morgan fingerprint density at radius 2 is 1.39 bits per heavy atom. The Hall–Kier alpha value is -3.58. The van der Waals surface area contributed by atoms with E-state index in [4.69, 9.17) is 4.74 Å². The Bertz CT molecular complexity index is 1200. The summed E-state index contributed by atoms with van der Waals surface area (Å²) in [6.45, 7) is 3.80. The third kappa shape index (κ3) is 5.79. The van der Waals surface area contributed by atoms with Crippen LogP contribution in [-0.4, -0.2) is 35.8 Å². The van der Waals surface area contributed by atoms with Gasteiger partial charge in [0.25, 0.3) is 0 Å². The Morgan fingerprint density at radius 3 is 1.94 bits per heavy atom. The molecular formula is C29H30N2O4S. The van der Waals surface area contributed by atoms with Gasteiger partial charge in [-0.05, 0) is 33.7 Å². The molecule has 2 amide bonds. The van der Waals surface area contributed by atoms with Gasteiger partial charge in [-0.15, -0.1) is 12.6 Å². The van der Waals surface area contributed by atoms with E-state index in [9.17, 15) is 14.4 Å². The van der Waals surface area contributed by atoms with Crippen LogP contribution in [-0.2, 0) is 20.7 Å². The fourth-order valence-electron chi connectivity index (χ4n) is 4.61. The molecule has 3 aromatic carbocycles. The highest BCUT2D eigenvalue weighted by atomic mass is 32.1. The average molecular weight is 503 g/mol. The normalized spacial score (nSPS) is 13.9. The second-order valence-corrected chi connectivity index (χ2v) is 9.72. The number of thiol groups is 1. The minimum absolute atomic E-state index is 0.0773. The molecule has 0 saturated heterocycles. The summed E-state index contributed by atoms with van der Waals surface area (Å²) in [5.74, 6) is -0.758. The minimum Gasteiger partial charge on any atom is -0.449 e. The lowest BCUT2D eigenvalue weighted by Gasteiger charge is -2.24. The number of rotatable bonds is 9. The van der Waals surface area contributed by atoms with E-state index in [0.717, 1.165) is 27.8 Å². The van der Waals surface area contributed by atoms with Gasteiger partial charge in [0.1, 0.15) is 18.7 Å². The second kappa shape index (κ2) is 11.4. The summed E-state index contributed by atoms with van der Waals surface area (Å²) in [6.07, 6.45) is -0.368. The third-order valence-corrected chi connectivity index (χ3v) is 6.78. The summed E-state index contributed by atoms with van der Waals surface area (Å²) >= 11 is 3.95. The molecule has 36 heavy (non-hydrogen) atoms. The van der Waals surface area contributed by atoms with Crippen molar-refractivity contribution < 1.29 is 19.1 Å². The first-order chi connectivity index (χ1) is 17.3. The Morgan fingerprint density at radius 1 is 0.833 bits per heavy atom. The van der Waals surface area contributed by atoms with Gasteiger partial charge in [-0.2, -0.15) is 0 Å². The van der Waals surface area contributed by atoms with Crippen LogP contribution in [0.1, 0.15) is 36.5 Å². The van der Waals surface area contributed by atoms with E-state index in [1.165, 1.54) is 0 Å². The standard InChI is InChI=1S/C29H30N2O4S/c1-18(2)26(27(32)30-25(28(33)36)16-19-10-4-3-5-11-19)31-29(34)35-17-24-22-14-8-6-12-20(22)21-13-7-9-15-23(21)24/h3-15,18,24-26H,16-17H2,1-2H3,(H,30,32)(H,31,34)(H,33,36)/t25-,26-/m0/s1. The predicted molar refractivity (Wildman–Crippen MR) is 143 cm³/mol. The molecule has 2 atom stereocenters. The zero-order chi connectivity index (χ0) is 25.7. The molecule has 1 aliphatic carbocycles. The molecule has 1 aliphatic rings. The maximum Gasteiger partial charge on any atom is 0.407 e. The van der Waals surface area contributed by atoms with Crippen molar-refractivity contribution in [3.63, 3.8) is 0 Å². The zero-order valence-electron chi connectivity index (χ0n) is 20.3. The molecule has 0 heterocycles. The SMILES string of the molecule is CC(C)[C@H](NC(=O)OCC1c2ccccc2-c2ccccc21)C(=O)N[C@@H](Cc1ccccc1)C(=O)S. The number of hydrogen-bond acceptors (Lipinski definition) is 4. The molecule has 2 N–H and O–H groups in total. The molecule has 7 heteroatoms. The number of hydrogen-bond donors (Lipinski definition) is 3. The van der Waals surface area contributed by atoms with Gasteiger partial charge in [0.15, 0.2) is 0 Å². The summed E-state index contributed by atoms with van der Waals surface area (Å²) in [5, 5.41) is 4.98. The van der Waals surface area contributed by atoms with Crippen LogP contribution in [0.2, 0.25) is 0 Å². The molecule has 0 unspecified atom stereocenters. The van der Waals surface area contributed by atoms with Gasteiger partial charge in [0, 0.05) is 12.3 Å². The van der Waals surface area contributed by atoms with Crippen molar-refractivity contribution in [3.8, 4) is 11.1 Å². The summed E-state index contributed by atoms with van der Waals surface area (Å²) in [6, 6.07) is 23.9. The Balaban J connectivity index is 1.39. The van der Waals surface area contributed by atoms with Crippen LogP contribution < -0.4 is 10.6 Å². The second-order valence-electron chi connectivity index (χ2n) is 9.28. The van der Waals surface area contributed by atoms with Crippen molar-refractivity contribution in [2.24, 2.45) is 5.92 Å². The number of fused-ring (bicyclic) bond motifs is 3. The number of carbonyl (C=O) groups excluding carboxylic acids is 3. The van der Waals surface area contributed by atoms with Gasteiger partial charge in [0.2, 0.25) is 11.0 Å². The lowest BCUT2D eigenvalue weighted by Crippen LogP contribution is -2.53. The number of carbonyl (C=O) groups is 3. The Kier molecular flexibility index (Phi) is 8.10. The first-order valence-electron chi connectivity index (χ1n) is 12.0. The van der Waals surface area contributed by atoms with Crippen molar-refractivity contribution in [1.29, 1.82) is 0 Å². The maximum absolute atomic E-state index is 13.0. The first kappa shape index (κ1) is 25.5. The van der Waals surface area contributed by atoms with Crippen LogP contribution in [0, 0.1) is 5.92 Å². The van der Waals surface area contributed by atoms with Gasteiger partial charge < -0.3 is 15.4 Å². The fourth-order valence-corrected chi connectivity index (χ4v) is 4.77. The summed E-state index contributed by atoms with van der Waals surface area (Å²) < 4.78 is 5.61. The van der Waals surface area contributed by atoms with Crippen LogP contribution in [0.4, 0.5) is 4.79 Å². The van der Waals surface area contributed by atoms with Crippen LogP contribution in [0.15, 0.2) is 78.9 Å². The van der Waals surface area contributed by atoms with Crippen LogP contribution in [0.25, 0.3) is 11.1 Å². The van der Waals surface area contributed by atoms with Gasteiger partial charge in [0.05, 0.1) is 0 Å². The molecule has 4 rings (SSSR count). The topological polar surface area (TPSA) is 84.5 Å². The lowest BCUT2D eigenvalue weighted by atomic mass is 9.98. The monoisotopic (exact) mass is 502 g/mol. The molecule has 186 valence electrons. The summed E-state index contributed by atoms with van der Waals surface area (Å²) in [4.78, 5) is 37.9. The number of benzene rings is 3. The maximum atomic E-state index is 13.0. The molecule has 0 aliphatic heterocycles. The van der Waals surface area contributed by atoms with Crippen LogP contribution in [0.5, 0.6) is 0 Å². The number of alkyl carbamates (subject to hydrolysis) is 1. The van der Waals surface area contributed by atoms with E-state index < -0.39 is 29.2 Å². The fraction of sp³-hybridized carbons (Fsp3) is 0.276. The zero-order valence-corrected chi connectivity index (χ0v) is 21.2. The summed E-state index contributed by atoms with van der Waals surface area (Å²) in [5.41, 5.74) is 5.40. The Labute approximate surface area is 216 Å². The van der Waals surface area contributed by atoms with E-state index >= 15 is 0 Å². The van der Waals surface area contributed by atoms with E-state index in [1.54, 1.807) is 0 Å². The molecule has 3 aromatic rings. The first-order valence-corrected chi connectivity index (χ1v) is 12.5. The van der Waals surface area contributed by atoms with Crippen molar-refractivity contribution in [3.05, 3.63) is 95.6 Å². The number of amides is 2. The number of ether oxygens (including phenoxy) is 1. The van der Waals surface area contributed by atoms with Gasteiger partial charge in [-0.1, -0.05) is 92.7 Å². The van der Waals surface area contributed by atoms with E-state index in [1.807, 2.05) is 80.6 Å². The molecule has 0 spiro atoms. The van der Waals surface area contributed by atoms with Crippen molar-refractivity contribution in [1.82, 2.24) is 10.6 Å². The smallest absolute Gasteiger partial charge is 0.407 e. The molecular weight excluding hydrogens is 472 g/mol. The highest BCUT2D eigenvalue weighted by Gasteiger charge is 2.31. The van der Waals surface area contributed by atoms with E-state index in [2.05, 4.69) is 35.4 Å². The van der Waals surface area contributed by atoms with Crippen LogP contribution in [0.3, 0.4) is 0 Å². The molecule has 0 fully saturated rings. The van der Waals surface area contributed by atoms with Gasteiger partial charge >= 0.3 is 6.09 Å². The highest BCUT2D eigenvalue weighted by molar-refractivity contribution is 7.96. The van der Waals surface area contributed by atoms with Crippen molar-refractivity contribution in [2.45, 2.75) is 38.3 Å². The average Bonchev–Trinajstić information content (AvgIpc) is 3.19. The van der Waals surface area contributed by atoms with E-state index in [-0.39, 0.29) is 18.4 Å². The lowest BCUT2D eigenvalue weighted by molar-refractivity contribution is -0.127. The molecule has 6 nitrogen and oxygen atoms in total. The summed E-state index contributed by atoms with van der Waals surface area (Å²) in [7, 11) is 0. The van der Waals surface area contributed by atoms with Crippen molar-refractivity contribution in [2.75, 3.05) is 6.61 Å². The van der Waals surface area contributed by atoms with E-state index in [0.29, 0.717) is 6.42 Å². The molecule has 0 bridgehead atoms. The highest BCUT2D eigenvalue weighted by Crippen LogP contribution is 2.44. The minimum atomic E-state index is -0.869. The third-order valence-electron chi connectivity index (χ3n) is 6.46. The largest absolute Gasteiger partial charge is 0.449 e. The molecule has 0 radical (unpaired) electrons.